The Bertz CT molecular complexity index is 774. The Morgan fingerprint density at radius 3 is 2.25 bits per heavy atom. The van der Waals surface area contributed by atoms with Crippen LogP contribution in [0.4, 0.5) is 0 Å². The van der Waals surface area contributed by atoms with Crippen LogP contribution in [0, 0.1) is 0 Å². The molecule has 2 N–H and O–H groups in total. The predicted octanol–water partition coefficient (Wildman–Crippen LogP) is 3.72. The van der Waals surface area contributed by atoms with Gasteiger partial charge in [-0.3, -0.25) is 4.79 Å². The van der Waals surface area contributed by atoms with Gasteiger partial charge in [0.05, 0.1) is 7.11 Å². The normalized spacial score (nSPS) is 12.8. The minimum Gasteiger partial charge on any atom is -0.497 e. The molecule has 5 heteroatoms. The Kier molecular flexibility index (Phi) is 7.79. The van der Waals surface area contributed by atoms with Crippen molar-refractivity contribution >= 4 is 11.9 Å². The molecule has 0 aromatic heterocycles. The van der Waals surface area contributed by atoms with Crippen molar-refractivity contribution in [1.29, 1.82) is 0 Å². The first-order chi connectivity index (χ1) is 13.3. The van der Waals surface area contributed by atoms with E-state index in [-0.39, 0.29) is 17.9 Å². The summed E-state index contributed by atoms with van der Waals surface area (Å²) in [5, 5.41) is 13.2. The molecule has 150 valence electrons. The van der Waals surface area contributed by atoms with Crippen molar-refractivity contribution in [2.45, 2.75) is 32.4 Å². The zero-order chi connectivity index (χ0) is 20.6. The van der Waals surface area contributed by atoms with Crippen LogP contribution in [0.3, 0.4) is 0 Å². The molecule has 0 bridgehead atoms. The van der Waals surface area contributed by atoms with Gasteiger partial charge in [-0.05, 0) is 68.8 Å². The number of rotatable bonds is 9. The third-order valence-corrected chi connectivity index (χ3v) is 3.99. The SMILES string of the molecule is COc1ccc(/C=C/C(=O)c2ccc(OCC(O)CNC(C)(C)C)cc2)cc1. The molecule has 28 heavy (non-hydrogen) atoms. The van der Waals surface area contributed by atoms with E-state index in [1.807, 2.05) is 45.0 Å². The van der Waals surface area contributed by atoms with Crippen LogP contribution in [-0.4, -0.2) is 42.8 Å². The topological polar surface area (TPSA) is 67.8 Å². The van der Waals surface area contributed by atoms with Crippen LogP contribution in [0.25, 0.3) is 6.08 Å². The Hall–Kier alpha value is -2.63. The highest BCUT2D eigenvalue weighted by Crippen LogP contribution is 2.15. The lowest BCUT2D eigenvalue weighted by Gasteiger charge is -2.22. The number of aliphatic hydroxyl groups excluding tert-OH is 1. The Labute approximate surface area is 167 Å². The lowest BCUT2D eigenvalue weighted by molar-refractivity contribution is 0.0999. The quantitative estimate of drug-likeness (QED) is 0.510. The van der Waals surface area contributed by atoms with Crippen molar-refractivity contribution in [2.24, 2.45) is 0 Å². The molecule has 0 saturated heterocycles. The number of nitrogens with one attached hydrogen (secondary N) is 1. The second kappa shape index (κ2) is 10.1. The summed E-state index contributed by atoms with van der Waals surface area (Å²) in [6, 6.07) is 14.4. The van der Waals surface area contributed by atoms with E-state index in [4.69, 9.17) is 9.47 Å². The summed E-state index contributed by atoms with van der Waals surface area (Å²) in [6.45, 7) is 6.77. The minimum atomic E-state index is -0.604. The average molecular weight is 383 g/mol. The predicted molar refractivity (Wildman–Crippen MR) is 112 cm³/mol. The number of hydrogen-bond acceptors (Lipinski definition) is 5. The van der Waals surface area contributed by atoms with Gasteiger partial charge in [-0.25, -0.2) is 0 Å². The molecule has 5 nitrogen and oxygen atoms in total. The number of ketones is 1. The second-order valence-corrected chi connectivity index (χ2v) is 7.59. The standard InChI is InChI=1S/C23H29NO4/c1-23(2,3)24-15-19(25)16-28-21-12-8-18(9-13-21)22(26)14-7-17-5-10-20(27-4)11-6-17/h5-14,19,24-25H,15-16H2,1-4H3/b14-7+. The fraction of sp³-hybridized carbons (Fsp3) is 0.348. The largest absolute Gasteiger partial charge is 0.497 e. The van der Waals surface area contributed by atoms with Gasteiger partial charge in [0.15, 0.2) is 5.78 Å². The number of hydrogen-bond donors (Lipinski definition) is 2. The van der Waals surface area contributed by atoms with E-state index in [0.29, 0.717) is 17.9 Å². The Morgan fingerprint density at radius 1 is 1.07 bits per heavy atom. The van der Waals surface area contributed by atoms with Crippen molar-refractivity contribution in [3.8, 4) is 11.5 Å². The van der Waals surface area contributed by atoms with Gasteiger partial charge in [0.2, 0.25) is 0 Å². The first-order valence-electron chi connectivity index (χ1n) is 9.29. The van der Waals surface area contributed by atoms with Crippen LogP contribution in [0.5, 0.6) is 11.5 Å². The number of aliphatic hydroxyl groups is 1. The van der Waals surface area contributed by atoms with Crippen LogP contribution in [0.2, 0.25) is 0 Å². The smallest absolute Gasteiger partial charge is 0.185 e. The van der Waals surface area contributed by atoms with Crippen LogP contribution in [-0.2, 0) is 0 Å². The van der Waals surface area contributed by atoms with Crippen molar-refractivity contribution < 1.29 is 19.4 Å². The van der Waals surface area contributed by atoms with Gasteiger partial charge in [-0.1, -0.05) is 18.2 Å². The number of methoxy groups -OCH3 is 1. The molecule has 2 aromatic rings. The molecule has 0 aliphatic rings. The molecule has 0 fully saturated rings. The van der Waals surface area contributed by atoms with E-state index in [2.05, 4.69) is 5.32 Å². The highest BCUT2D eigenvalue weighted by molar-refractivity contribution is 6.06. The number of benzene rings is 2. The summed E-state index contributed by atoms with van der Waals surface area (Å²) < 4.78 is 10.7. The van der Waals surface area contributed by atoms with E-state index in [1.165, 1.54) is 0 Å². The molecule has 0 amide bonds. The van der Waals surface area contributed by atoms with Gasteiger partial charge in [-0.15, -0.1) is 0 Å². The molecule has 0 radical (unpaired) electrons. The van der Waals surface area contributed by atoms with Gasteiger partial charge >= 0.3 is 0 Å². The zero-order valence-corrected chi connectivity index (χ0v) is 16.9. The number of β-amino-alcohol motifs (C(OH)–C–C–N with tert-alkyl or cyclic N) is 1. The van der Waals surface area contributed by atoms with Crippen LogP contribution >= 0.6 is 0 Å². The van der Waals surface area contributed by atoms with Gasteiger partial charge in [0.25, 0.3) is 0 Å². The summed E-state index contributed by atoms with van der Waals surface area (Å²) >= 11 is 0. The Morgan fingerprint density at radius 2 is 1.68 bits per heavy atom. The van der Waals surface area contributed by atoms with E-state index in [0.717, 1.165) is 11.3 Å². The lowest BCUT2D eigenvalue weighted by atomic mass is 10.1. The molecule has 2 aromatic carbocycles. The molecule has 0 heterocycles. The molecule has 0 aliphatic carbocycles. The second-order valence-electron chi connectivity index (χ2n) is 7.59. The van der Waals surface area contributed by atoms with Crippen molar-refractivity contribution in [3.63, 3.8) is 0 Å². The summed E-state index contributed by atoms with van der Waals surface area (Å²) in [7, 11) is 1.62. The monoisotopic (exact) mass is 383 g/mol. The third kappa shape index (κ3) is 7.55. The van der Waals surface area contributed by atoms with E-state index in [9.17, 15) is 9.90 Å². The Balaban J connectivity index is 1.85. The molecule has 1 unspecified atom stereocenters. The fourth-order valence-corrected chi connectivity index (χ4v) is 2.37. The van der Waals surface area contributed by atoms with Crippen molar-refractivity contribution in [2.75, 3.05) is 20.3 Å². The van der Waals surface area contributed by atoms with Crippen LogP contribution < -0.4 is 14.8 Å². The highest BCUT2D eigenvalue weighted by atomic mass is 16.5. The lowest BCUT2D eigenvalue weighted by Crippen LogP contribution is -2.42. The van der Waals surface area contributed by atoms with Gasteiger partial charge in [-0.2, -0.15) is 0 Å². The molecular weight excluding hydrogens is 354 g/mol. The molecule has 2 rings (SSSR count). The van der Waals surface area contributed by atoms with Gasteiger partial charge in [0, 0.05) is 17.6 Å². The van der Waals surface area contributed by atoms with Gasteiger partial charge in [0.1, 0.15) is 24.2 Å². The molecule has 0 aliphatic heterocycles. The maximum absolute atomic E-state index is 12.3. The number of carbonyl (C=O) groups excluding carboxylic acids is 1. The first-order valence-corrected chi connectivity index (χ1v) is 9.29. The summed E-state index contributed by atoms with van der Waals surface area (Å²) in [6.07, 6.45) is 2.71. The molecule has 1 atom stereocenters. The van der Waals surface area contributed by atoms with Crippen LogP contribution in [0.15, 0.2) is 54.6 Å². The summed E-state index contributed by atoms with van der Waals surface area (Å²) in [5.74, 6) is 1.31. The van der Waals surface area contributed by atoms with Crippen molar-refractivity contribution in [3.05, 3.63) is 65.7 Å². The summed E-state index contributed by atoms with van der Waals surface area (Å²) in [4.78, 5) is 12.3. The molecular formula is C23H29NO4. The minimum absolute atomic E-state index is 0.0532. The number of allylic oxidation sites excluding steroid dienone is 1. The van der Waals surface area contributed by atoms with E-state index >= 15 is 0 Å². The van der Waals surface area contributed by atoms with E-state index in [1.54, 1.807) is 43.5 Å². The van der Waals surface area contributed by atoms with Crippen molar-refractivity contribution in [1.82, 2.24) is 5.32 Å². The number of ether oxygens (including phenoxy) is 2. The molecule has 0 spiro atoms. The van der Waals surface area contributed by atoms with E-state index < -0.39 is 6.10 Å². The number of carbonyl (C=O) groups is 1. The first kappa shape index (κ1) is 21.7. The zero-order valence-electron chi connectivity index (χ0n) is 16.9. The maximum atomic E-state index is 12.3. The molecule has 0 saturated carbocycles. The highest BCUT2D eigenvalue weighted by Gasteiger charge is 2.12. The van der Waals surface area contributed by atoms with Crippen LogP contribution in [0.1, 0.15) is 36.7 Å². The summed E-state index contributed by atoms with van der Waals surface area (Å²) in [5.41, 5.74) is 1.45. The van der Waals surface area contributed by atoms with Gasteiger partial charge < -0.3 is 19.9 Å². The fourth-order valence-electron chi connectivity index (χ4n) is 2.37. The average Bonchev–Trinajstić information content (AvgIpc) is 2.69. The maximum Gasteiger partial charge on any atom is 0.185 e. The third-order valence-electron chi connectivity index (χ3n) is 3.99.